The summed E-state index contributed by atoms with van der Waals surface area (Å²) in [6.07, 6.45) is 5.63. The molecule has 0 heterocycles. The maximum Gasteiger partial charge on any atom is 0.245 e. The molecule has 1 aliphatic rings. The van der Waals surface area contributed by atoms with Gasteiger partial charge >= 0.3 is 0 Å². The summed E-state index contributed by atoms with van der Waals surface area (Å²) in [6, 6.07) is 0. The van der Waals surface area contributed by atoms with Crippen LogP contribution in [-0.4, -0.2) is 23.4 Å². The Morgan fingerprint density at radius 1 is 1.25 bits per heavy atom. The first-order valence-corrected chi connectivity index (χ1v) is 5.68. The van der Waals surface area contributed by atoms with E-state index in [1.807, 2.05) is 5.43 Å². The molecule has 5 N–H and O–H groups in total. The van der Waals surface area contributed by atoms with Gasteiger partial charge in [-0.15, -0.1) is 0 Å². The molecule has 0 aliphatic heterocycles. The molecule has 1 aliphatic carbocycles. The number of nitrogens with two attached hydrogens (primary N) is 2. The van der Waals surface area contributed by atoms with Crippen molar-refractivity contribution in [2.24, 2.45) is 17.6 Å². The van der Waals surface area contributed by atoms with E-state index in [0.717, 1.165) is 17.9 Å². The second kappa shape index (κ2) is 6.44. The number of rotatable bonds is 4. The van der Waals surface area contributed by atoms with Gasteiger partial charge in [0.1, 0.15) is 6.42 Å². The molecule has 0 aromatic rings. The normalized spacial score (nSPS) is 16.9. The van der Waals surface area contributed by atoms with Crippen LogP contribution in [0, 0.1) is 5.92 Å². The van der Waals surface area contributed by atoms with Crippen molar-refractivity contribution in [3.05, 3.63) is 0 Å². The van der Waals surface area contributed by atoms with Gasteiger partial charge in [-0.2, -0.15) is 0 Å². The largest absolute Gasteiger partial charge is 0.294 e. The fraction of sp³-hybridized carbons (Fsp3) is 0.800. The van der Waals surface area contributed by atoms with E-state index in [9.17, 15) is 9.59 Å². The molecule has 1 saturated carbocycles. The van der Waals surface area contributed by atoms with Gasteiger partial charge in [0.2, 0.25) is 11.8 Å². The van der Waals surface area contributed by atoms with Crippen LogP contribution in [0.15, 0.2) is 0 Å². The number of nitrogens with zero attached hydrogens (tertiary/aromatic N) is 1. The summed E-state index contributed by atoms with van der Waals surface area (Å²) in [5.41, 5.74) is 1.91. The number of hydrogen-bond acceptors (Lipinski definition) is 4. The smallest absolute Gasteiger partial charge is 0.245 e. The molecule has 1 fully saturated rings. The number of amides is 2. The third-order valence-electron chi connectivity index (χ3n) is 2.97. The molecule has 0 bridgehead atoms. The second-order valence-electron chi connectivity index (χ2n) is 4.29. The minimum atomic E-state index is -0.510. The van der Waals surface area contributed by atoms with Crippen LogP contribution in [-0.2, 0) is 9.59 Å². The summed E-state index contributed by atoms with van der Waals surface area (Å²) < 4.78 is 0. The lowest BCUT2D eigenvalue weighted by molar-refractivity contribution is -0.137. The highest BCUT2D eigenvalue weighted by atomic mass is 16.2. The summed E-state index contributed by atoms with van der Waals surface area (Å²) in [5, 5.41) is 1.14. The molecule has 0 radical (unpaired) electrons. The van der Waals surface area contributed by atoms with Crippen LogP contribution in [0.1, 0.15) is 38.5 Å². The van der Waals surface area contributed by atoms with E-state index in [4.69, 9.17) is 11.7 Å². The number of carbonyl (C=O) groups is 2. The number of carbonyl (C=O) groups excluding carboxylic acids is 2. The van der Waals surface area contributed by atoms with Crippen molar-refractivity contribution < 1.29 is 9.59 Å². The zero-order valence-corrected chi connectivity index (χ0v) is 9.45. The molecule has 0 saturated heterocycles. The third kappa shape index (κ3) is 4.16. The van der Waals surface area contributed by atoms with Crippen molar-refractivity contribution in [2.45, 2.75) is 38.5 Å². The first kappa shape index (κ1) is 12.9. The molecule has 0 aromatic carbocycles. The van der Waals surface area contributed by atoms with Crippen LogP contribution < -0.4 is 17.1 Å². The van der Waals surface area contributed by atoms with Crippen LogP contribution in [0.4, 0.5) is 0 Å². The van der Waals surface area contributed by atoms with Gasteiger partial charge in [-0.3, -0.25) is 20.0 Å². The predicted molar refractivity (Wildman–Crippen MR) is 59.4 cm³/mol. The Morgan fingerprint density at radius 2 is 1.88 bits per heavy atom. The van der Waals surface area contributed by atoms with Crippen LogP contribution in [0.5, 0.6) is 0 Å². The van der Waals surface area contributed by atoms with Crippen molar-refractivity contribution in [3.63, 3.8) is 0 Å². The van der Waals surface area contributed by atoms with Gasteiger partial charge in [-0.25, -0.2) is 11.7 Å². The van der Waals surface area contributed by atoms with E-state index in [1.165, 1.54) is 19.3 Å². The Bertz CT molecular complexity index is 251. The van der Waals surface area contributed by atoms with E-state index in [0.29, 0.717) is 12.5 Å². The van der Waals surface area contributed by atoms with Crippen molar-refractivity contribution in [1.29, 1.82) is 0 Å². The SMILES string of the molecule is NNC(=O)CC(=O)N(N)CC1CCCCC1. The average Bonchev–Trinajstić information content (AvgIpc) is 2.30. The lowest BCUT2D eigenvalue weighted by atomic mass is 9.89. The molecule has 0 spiro atoms. The summed E-state index contributed by atoms with van der Waals surface area (Å²) in [6.45, 7) is 0.538. The van der Waals surface area contributed by atoms with Gasteiger partial charge in [0.05, 0.1) is 0 Å². The maximum absolute atomic E-state index is 11.5. The van der Waals surface area contributed by atoms with Gasteiger partial charge in [-0.1, -0.05) is 19.3 Å². The Morgan fingerprint density at radius 3 is 2.44 bits per heavy atom. The van der Waals surface area contributed by atoms with Crippen LogP contribution >= 0.6 is 0 Å². The standard InChI is InChI=1S/C10H20N4O2/c11-13-9(15)6-10(16)14(12)7-8-4-2-1-3-5-8/h8H,1-7,11-12H2,(H,13,15). The molecule has 6 nitrogen and oxygen atoms in total. The molecule has 2 amide bonds. The first-order chi connectivity index (χ1) is 7.63. The summed E-state index contributed by atoms with van der Waals surface area (Å²) in [4.78, 5) is 22.4. The minimum absolute atomic E-state index is 0.278. The predicted octanol–water partition coefficient (Wildman–Crippen LogP) is -0.351. The molecule has 0 atom stereocenters. The Hall–Kier alpha value is -1.14. The second-order valence-corrected chi connectivity index (χ2v) is 4.29. The number of hydrazine groups is 2. The Labute approximate surface area is 95.3 Å². The summed E-state index contributed by atoms with van der Waals surface area (Å²) >= 11 is 0. The maximum atomic E-state index is 11.5. The molecule has 16 heavy (non-hydrogen) atoms. The highest BCUT2D eigenvalue weighted by molar-refractivity contribution is 5.96. The molecule has 92 valence electrons. The molecule has 0 unspecified atom stereocenters. The zero-order chi connectivity index (χ0) is 12.0. The highest BCUT2D eigenvalue weighted by Gasteiger charge is 2.20. The fourth-order valence-electron chi connectivity index (χ4n) is 2.04. The molecule has 6 heteroatoms. The lowest BCUT2D eigenvalue weighted by Gasteiger charge is -2.26. The van der Waals surface area contributed by atoms with Crippen molar-refractivity contribution >= 4 is 11.8 Å². The van der Waals surface area contributed by atoms with E-state index in [-0.39, 0.29) is 12.3 Å². The summed E-state index contributed by atoms with van der Waals surface area (Å²) in [5.74, 6) is 10.1. The van der Waals surface area contributed by atoms with Crippen molar-refractivity contribution in [1.82, 2.24) is 10.4 Å². The Balaban J connectivity index is 2.29. The monoisotopic (exact) mass is 228 g/mol. The zero-order valence-electron chi connectivity index (χ0n) is 9.45. The Kier molecular flexibility index (Phi) is 5.21. The van der Waals surface area contributed by atoms with E-state index in [2.05, 4.69) is 0 Å². The lowest BCUT2D eigenvalue weighted by Crippen LogP contribution is -2.44. The fourth-order valence-corrected chi connectivity index (χ4v) is 2.04. The minimum Gasteiger partial charge on any atom is -0.294 e. The summed E-state index contributed by atoms with van der Waals surface area (Å²) in [7, 11) is 0. The molecule has 0 aromatic heterocycles. The number of hydrogen-bond donors (Lipinski definition) is 3. The first-order valence-electron chi connectivity index (χ1n) is 5.68. The van der Waals surface area contributed by atoms with Crippen LogP contribution in [0.2, 0.25) is 0 Å². The van der Waals surface area contributed by atoms with Gasteiger partial charge in [0.25, 0.3) is 0 Å². The number of nitrogens with one attached hydrogen (secondary N) is 1. The van der Waals surface area contributed by atoms with Crippen LogP contribution in [0.3, 0.4) is 0 Å². The average molecular weight is 228 g/mol. The quantitative estimate of drug-likeness (QED) is 0.265. The van der Waals surface area contributed by atoms with Crippen molar-refractivity contribution in [3.8, 4) is 0 Å². The van der Waals surface area contributed by atoms with Gasteiger partial charge in [0.15, 0.2) is 0 Å². The van der Waals surface area contributed by atoms with Crippen molar-refractivity contribution in [2.75, 3.05) is 6.54 Å². The van der Waals surface area contributed by atoms with Gasteiger partial charge in [0, 0.05) is 6.54 Å². The van der Waals surface area contributed by atoms with Crippen LogP contribution in [0.25, 0.3) is 0 Å². The third-order valence-corrected chi connectivity index (χ3v) is 2.97. The topological polar surface area (TPSA) is 101 Å². The van der Waals surface area contributed by atoms with E-state index >= 15 is 0 Å². The van der Waals surface area contributed by atoms with Gasteiger partial charge < -0.3 is 0 Å². The van der Waals surface area contributed by atoms with E-state index in [1.54, 1.807) is 0 Å². The highest BCUT2D eigenvalue weighted by Crippen LogP contribution is 2.23. The van der Waals surface area contributed by atoms with E-state index < -0.39 is 5.91 Å². The molecule has 1 rings (SSSR count). The molecular weight excluding hydrogens is 208 g/mol. The van der Waals surface area contributed by atoms with Gasteiger partial charge in [-0.05, 0) is 18.8 Å². The molecular formula is C10H20N4O2.